The van der Waals surface area contributed by atoms with Gasteiger partial charge in [0.25, 0.3) is 0 Å². The summed E-state index contributed by atoms with van der Waals surface area (Å²) in [6.45, 7) is 6.88. The summed E-state index contributed by atoms with van der Waals surface area (Å²) in [5, 5.41) is 21.1. The number of imide groups is 1. The predicted molar refractivity (Wildman–Crippen MR) is 63.2 cm³/mol. The molecule has 2 unspecified atom stereocenters. The van der Waals surface area contributed by atoms with E-state index in [1.54, 1.807) is 13.8 Å². The van der Waals surface area contributed by atoms with E-state index in [9.17, 15) is 14.7 Å². The standard InChI is InChI=1S/C11H20N2O4/c1-4-7-10(15)13(11(16)17)8(5-2)12-9(14)6-3/h4,8-9,12,14H,1,5-7H2,2-3H3,(H,16,17). The van der Waals surface area contributed by atoms with Crippen LogP contribution in [0.4, 0.5) is 4.79 Å². The molecule has 0 radical (unpaired) electrons. The molecule has 0 rings (SSSR count). The second kappa shape index (κ2) is 7.81. The van der Waals surface area contributed by atoms with E-state index in [4.69, 9.17) is 5.11 Å². The third kappa shape index (κ3) is 4.97. The van der Waals surface area contributed by atoms with Gasteiger partial charge in [0, 0.05) is 6.42 Å². The third-order valence-corrected chi connectivity index (χ3v) is 2.26. The van der Waals surface area contributed by atoms with Gasteiger partial charge in [0.15, 0.2) is 0 Å². The average Bonchev–Trinajstić information content (AvgIpc) is 2.27. The lowest BCUT2D eigenvalue weighted by Gasteiger charge is -2.29. The van der Waals surface area contributed by atoms with Crippen LogP contribution in [0, 0.1) is 0 Å². The lowest BCUT2D eigenvalue weighted by Crippen LogP contribution is -2.53. The van der Waals surface area contributed by atoms with E-state index in [2.05, 4.69) is 11.9 Å². The van der Waals surface area contributed by atoms with Gasteiger partial charge in [-0.15, -0.1) is 6.58 Å². The number of carbonyl (C=O) groups excluding carboxylic acids is 1. The molecule has 2 amide bonds. The topological polar surface area (TPSA) is 89.9 Å². The van der Waals surface area contributed by atoms with Crippen molar-refractivity contribution in [2.45, 2.75) is 45.5 Å². The zero-order valence-electron chi connectivity index (χ0n) is 10.2. The molecular formula is C11H20N2O4. The van der Waals surface area contributed by atoms with E-state index in [1.165, 1.54) is 6.08 Å². The Morgan fingerprint density at radius 1 is 1.41 bits per heavy atom. The van der Waals surface area contributed by atoms with Gasteiger partial charge in [-0.05, 0) is 12.8 Å². The Morgan fingerprint density at radius 2 is 2.00 bits per heavy atom. The Bertz CT molecular complexity index is 281. The van der Waals surface area contributed by atoms with Crippen LogP contribution < -0.4 is 5.32 Å². The number of aliphatic hydroxyl groups excluding tert-OH is 1. The number of carbonyl (C=O) groups is 2. The Kier molecular flexibility index (Phi) is 7.16. The van der Waals surface area contributed by atoms with E-state index < -0.39 is 24.4 Å². The quantitative estimate of drug-likeness (QED) is 0.461. The fourth-order valence-electron chi connectivity index (χ4n) is 1.35. The van der Waals surface area contributed by atoms with Gasteiger partial charge in [0.05, 0.1) is 6.17 Å². The summed E-state index contributed by atoms with van der Waals surface area (Å²) in [4.78, 5) is 23.3. The maximum atomic E-state index is 11.6. The van der Waals surface area contributed by atoms with E-state index in [0.29, 0.717) is 17.7 Å². The fraction of sp³-hybridized carbons (Fsp3) is 0.636. The summed E-state index contributed by atoms with van der Waals surface area (Å²) >= 11 is 0. The van der Waals surface area contributed by atoms with Crippen LogP contribution in [-0.2, 0) is 4.79 Å². The average molecular weight is 244 g/mol. The first-order valence-corrected chi connectivity index (χ1v) is 5.57. The minimum atomic E-state index is -1.33. The van der Waals surface area contributed by atoms with Gasteiger partial charge in [-0.3, -0.25) is 10.1 Å². The maximum absolute atomic E-state index is 11.6. The molecule has 6 heteroatoms. The fourth-order valence-corrected chi connectivity index (χ4v) is 1.35. The van der Waals surface area contributed by atoms with Gasteiger partial charge >= 0.3 is 6.09 Å². The first-order valence-electron chi connectivity index (χ1n) is 5.57. The maximum Gasteiger partial charge on any atom is 0.415 e. The number of nitrogens with one attached hydrogen (secondary N) is 1. The number of nitrogens with zero attached hydrogens (tertiary/aromatic N) is 1. The van der Waals surface area contributed by atoms with Gasteiger partial charge < -0.3 is 10.2 Å². The van der Waals surface area contributed by atoms with Crippen molar-refractivity contribution in [1.82, 2.24) is 10.2 Å². The Labute approximate surface area is 101 Å². The molecule has 0 spiro atoms. The highest BCUT2D eigenvalue weighted by atomic mass is 16.4. The number of amides is 2. The molecule has 0 aromatic rings. The first-order chi connectivity index (χ1) is 7.97. The highest BCUT2D eigenvalue weighted by Gasteiger charge is 2.28. The Morgan fingerprint density at radius 3 is 2.35 bits per heavy atom. The Hall–Kier alpha value is -1.40. The zero-order chi connectivity index (χ0) is 13.4. The second-order valence-electron chi connectivity index (χ2n) is 3.55. The van der Waals surface area contributed by atoms with Gasteiger partial charge in [0.2, 0.25) is 5.91 Å². The number of carboxylic acid groups (broad SMARTS) is 1. The van der Waals surface area contributed by atoms with Gasteiger partial charge in [-0.2, -0.15) is 0 Å². The molecule has 0 saturated heterocycles. The Balaban J connectivity index is 4.80. The van der Waals surface area contributed by atoms with Gasteiger partial charge in [-0.1, -0.05) is 19.9 Å². The first kappa shape index (κ1) is 15.6. The minimum Gasteiger partial charge on any atom is -0.465 e. The van der Waals surface area contributed by atoms with Crippen LogP contribution in [0.15, 0.2) is 12.7 Å². The molecule has 98 valence electrons. The summed E-state index contributed by atoms with van der Waals surface area (Å²) in [5.41, 5.74) is 0. The highest BCUT2D eigenvalue weighted by molar-refractivity contribution is 5.92. The second-order valence-corrected chi connectivity index (χ2v) is 3.55. The van der Waals surface area contributed by atoms with Crippen LogP contribution in [0.2, 0.25) is 0 Å². The van der Waals surface area contributed by atoms with Crippen LogP contribution in [0.3, 0.4) is 0 Å². The molecule has 0 aliphatic heterocycles. The molecule has 0 bridgehead atoms. The van der Waals surface area contributed by atoms with Crippen LogP contribution in [-0.4, -0.2) is 39.5 Å². The smallest absolute Gasteiger partial charge is 0.415 e. The molecule has 17 heavy (non-hydrogen) atoms. The molecular weight excluding hydrogens is 224 g/mol. The SMILES string of the molecule is C=CCC(=O)N(C(=O)O)C(CC)NC(O)CC. The molecule has 0 aliphatic carbocycles. The van der Waals surface area contributed by atoms with Crippen LogP contribution >= 0.6 is 0 Å². The molecule has 0 aliphatic rings. The van der Waals surface area contributed by atoms with E-state index in [-0.39, 0.29) is 6.42 Å². The van der Waals surface area contributed by atoms with Crippen molar-refractivity contribution < 1.29 is 19.8 Å². The van der Waals surface area contributed by atoms with Crippen molar-refractivity contribution in [3.63, 3.8) is 0 Å². The van der Waals surface area contributed by atoms with Gasteiger partial charge in [0.1, 0.15) is 6.23 Å². The number of hydrogen-bond donors (Lipinski definition) is 3. The van der Waals surface area contributed by atoms with Crippen molar-refractivity contribution in [3.05, 3.63) is 12.7 Å². The van der Waals surface area contributed by atoms with Crippen molar-refractivity contribution in [3.8, 4) is 0 Å². The molecule has 0 aromatic heterocycles. The summed E-state index contributed by atoms with van der Waals surface area (Å²) in [5.74, 6) is -0.560. The normalized spacial score (nSPS) is 13.8. The van der Waals surface area contributed by atoms with Crippen molar-refractivity contribution in [2.75, 3.05) is 0 Å². The molecule has 0 aromatic carbocycles. The van der Waals surface area contributed by atoms with Crippen LogP contribution in [0.5, 0.6) is 0 Å². The summed E-state index contributed by atoms with van der Waals surface area (Å²) in [7, 11) is 0. The van der Waals surface area contributed by atoms with E-state index in [0.717, 1.165) is 0 Å². The lowest BCUT2D eigenvalue weighted by atomic mass is 10.2. The van der Waals surface area contributed by atoms with E-state index >= 15 is 0 Å². The van der Waals surface area contributed by atoms with Gasteiger partial charge in [-0.25, -0.2) is 9.69 Å². The molecule has 0 saturated carbocycles. The zero-order valence-corrected chi connectivity index (χ0v) is 10.2. The summed E-state index contributed by atoms with van der Waals surface area (Å²) in [6.07, 6.45) is -0.785. The largest absolute Gasteiger partial charge is 0.465 e. The van der Waals surface area contributed by atoms with Crippen molar-refractivity contribution in [2.24, 2.45) is 0 Å². The number of aliphatic hydroxyl groups is 1. The van der Waals surface area contributed by atoms with Crippen molar-refractivity contribution >= 4 is 12.0 Å². The molecule has 6 nitrogen and oxygen atoms in total. The molecule has 0 heterocycles. The predicted octanol–water partition coefficient (Wildman–Crippen LogP) is 1.12. The monoisotopic (exact) mass is 244 g/mol. The lowest BCUT2D eigenvalue weighted by molar-refractivity contribution is -0.131. The number of rotatable bonds is 7. The van der Waals surface area contributed by atoms with Crippen LogP contribution in [0.25, 0.3) is 0 Å². The molecule has 0 fully saturated rings. The summed E-state index contributed by atoms with van der Waals surface area (Å²) < 4.78 is 0. The van der Waals surface area contributed by atoms with E-state index in [1.807, 2.05) is 0 Å². The molecule has 3 N–H and O–H groups in total. The molecule has 2 atom stereocenters. The van der Waals surface area contributed by atoms with Crippen LogP contribution in [0.1, 0.15) is 33.1 Å². The minimum absolute atomic E-state index is 0.0489. The van der Waals surface area contributed by atoms with Crippen molar-refractivity contribution in [1.29, 1.82) is 0 Å². The summed E-state index contributed by atoms with van der Waals surface area (Å²) in [6, 6.07) is 0. The number of hydrogen-bond acceptors (Lipinski definition) is 4. The third-order valence-electron chi connectivity index (χ3n) is 2.26. The highest BCUT2D eigenvalue weighted by Crippen LogP contribution is 2.06.